The number of amides is 2. The van der Waals surface area contributed by atoms with Crippen LogP contribution in [-0.2, 0) is 15.0 Å². The largest absolute Gasteiger partial charge is 0.339 e. The molecule has 3 aliphatic rings. The second kappa shape index (κ2) is 7.44. The maximum Gasteiger partial charge on any atom is 0.235 e. The van der Waals surface area contributed by atoms with E-state index in [-0.39, 0.29) is 17.9 Å². The van der Waals surface area contributed by atoms with Crippen LogP contribution in [0.1, 0.15) is 38.2 Å². The van der Waals surface area contributed by atoms with Gasteiger partial charge >= 0.3 is 0 Å². The van der Waals surface area contributed by atoms with Crippen LogP contribution in [0.15, 0.2) is 24.3 Å². The fourth-order valence-corrected chi connectivity index (χ4v) is 5.40. The Balaban J connectivity index is 1.63. The Morgan fingerprint density at radius 2 is 1.96 bits per heavy atom. The van der Waals surface area contributed by atoms with Gasteiger partial charge in [-0.05, 0) is 37.4 Å². The molecule has 2 atom stereocenters. The molecule has 3 aliphatic heterocycles. The molecule has 3 fully saturated rings. The van der Waals surface area contributed by atoms with Crippen molar-refractivity contribution in [3.05, 3.63) is 34.9 Å². The van der Waals surface area contributed by atoms with Crippen LogP contribution in [0.3, 0.4) is 0 Å². The SMILES string of the molecule is CCCN1CCN(C(=O)C2(c3ccccc3Cl)CC3CCC(=O)N3C2)CC1. The van der Waals surface area contributed by atoms with Gasteiger partial charge in [0.2, 0.25) is 11.8 Å². The molecule has 0 radical (unpaired) electrons. The van der Waals surface area contributed by atoms with E-state index in [1.807, 2.05) is 34.1 Å². The van der Waals surface area contributed by atoms with E-state index in [0.29, 0.717) is 24.4 Å². The summed E-state index contributed by atoms with van der Waals surface area (Å²) in [5, 5.41) is 0.629. The van der Waals surface area contributed by atoms with Gasteiger partial charge in [-0.1, -0.05) is 36.7 Å². The number of hydrogen-bond acceptors (Lipinski definition) is 3. The van der Waals surface area contributed by atoms with Gasteiger partial charge in [0.05, 0.1) is 5.41 Å². The molecule has 6 heteroatoms. The van der Waals surface area contributed by atoms with Crippen molar-refractivity contribution >= 4 is 23.4 Å². The monoisotopic (exact) mass is 389 g/mol. The Kier molecular flexibility index (Phi) is 5.17. The second-order valence-electron chi connectivity index (χ2n) is 8.11. The highest BCUT2D eigenvalue weighted by atomic mass is 35.5. The molecule has 5 nitrogen and oxygen atoms in total. The summed E-state index contributed by atoms with van der Waals surface area (Å²) in [6.07, 6.45) is 3.28. The van der Waals surface area contributed by atoms with Crippen molar-refractivity contribution in [3.63, 3.8) is 0 Å². The fraction of sp³-hybridized carbons (Fsp3) is 0.619. The van der Waals surface area contributed by atoms with E-state index in [1.54, 1.807) is 0 Å². The average Bonchev–Trinajstić information content (AvgIpc) is 3.22. The van der Waals surface area contributed by atoms with Crippen LogP contribution >= 0.6 is 11.6 Å². The molecule has 0 spiro atoms. The molecule has 4 rings (SSSR count). The molecular formula is C21H28ClN3O2. The highest BCUT2D eigenvalue weighted by Crippen LogP contribution is 2.46. The van der Waals surface area contributed by atoms with Crippen LogP contribution in [0.5, 0.6) is 0 Å². The summed E-state index contributed by atoms with van der Waals surface area (Å²) in [4.78, 5) is 32.5. The Labute approximate surface area is 166 Å². The van der Waals surface area contributed by atoms with E-state index in [1.165, 1.54) is 0 Å². The zero-order valence-corrected chi connectivity index (χ0v) is 16.7. The summed E-state index contributed by atoms with van der Waals surface area (Å²) in [5.74, 6) is 0.323. The molecule has 0 aromatic heterocycles. The number of nitrogens with zero attached hydrogens (tertiary/aromatic N) is 3. The van der Waals surface area contributed by atoms with Gasteiger partial charge in [-0.25, -0.2) is 0 Å². The summed E-state index contributed by atoms with van der Waals surface area (Å²) in [5.41, 5.74) is 0.182. The van der Waals surface area contributed by atoms with Crippen molar-refractivity contribution in [1.29, 1.82) is 0 Å². The van der Waals surface area contributed by atoms with Crippen molar-refractivity contribution in [1.82, 2.24) is 14.7 Å². The van der Waals surface area contributed by atoms with E-state index in [0.717, 1.165) is 51.1 Å². The van der Waals surface area contributed by atoms with E-state index in [9.17, 15) is 9.59 Å². The van der Waals surface area contributed by atoms with E-state index >= 15 is 0 Å². The predicted molar refractivity (Wildman–Crippen MR) is 106 cm³/mol. The van der Waals surface area contributed by atoms with Crippen LogP contribution in [0.2, 0.25) is 5.02 Å². The molecule has 1 aromatic carbocycles. The zero-order valence-electron chi connectivity index (χ0n) is 16.0. The number of hydrogen-bond donors (Lipinski definition) is 0. The summed E-state index contributed by atoms with van der Waals surface area (Å²) >= 11 is 6.55. The van der Waals surface area contributed by atoms with Gasteiger partial charge in [0.25, 0.3) is 0 Å². The Bertz CT molecular complexity index is 732. The van der Waals surface area contributed by atoms with E-state index < -0.39 is 5.41 Å². The van der Waals surface area contributed by atoms with Crippen LogP contribution in [0.4, 0.5) is 0 Å². The molecule has 0 aliphatic carbocycles. The van der Waals surface area contributed by atoms with Gasteiger partial charge in [0.15, 0.2) is 0 Å². The van der Waals surface area contributed by atoms with E-state index in [2.05, 4.69) is 11.8 Å². The molecule has 0 bridgehead atoms. The minimum absolute atomic E-state index is 0.147. The molecule has 1 aromatic rings. The van der Waals surface area contributed by atoms with Gasteiger partial charge in [0, 0.05) is 50.2 Å². The number of rotatable bonds is 4. The molecule has 146 valence electrons. The number of fused-ring (bicyclic) bond motifs is 1. The lowest BCUT2D eigenvalue weighted by Gasteiger charge is -2.40. The third-order valence-corrected chi connectivity index (χ3v) is 6.80. The van der Waals surface area contributed by atoms with Crippen molar-refractivity contribution in [2.45, 2.75) is 44.1 Å². The first kappa shape index (κ1) is 18.8. The lowest BCUT2D eigenvalue weighted by molar-refractivity contribution is -0.139. The van der Waals surface area contributed by atoms with Crippen LogP contribution < -0.4 is 0 Å². The summed E-state index contributed by atoms with van der Waals surface area (Å²) in [7, 11) is 0. The molecule has 3 heterocycles. The molecule has 2 amide bonds. The smallest absolute Gasteiger partial charge is 0.235 e. The maximum atomic E-state index is 13.8. The highest BCUT2D eigenvalue weighted by Gasteiger charge is 2.55. The third-order valence-electron chi connectivity index (χ3n) is 6.48. The average molecular weight is 390 g/mol. The topological polar surface area (TPSA) is 43.9 Å². The number of halogens is 1. The Hall–Kier alpha value is -1.59. The van der Waals surface area contributed by atoms with Gasteiger partial charge in [-0.3, -0.25) is 14.5 Å². The van der Waals surface area contributed by atoms with Crippen molar-refractivity contribution in [2.75, 3.05) is 39.3 Å². The van der Waals surface area contributed by atoms with Gasteiger partial charge in [-0.15, -0.1) is 0 Å². The number of carbonyl (C=O) groups is 2. The Morgan fingerprint density at radius 3 is 2.63 bits per heavy atom. The lowest BCUT2D eigenvalue weighted by Crippen LogP contribution is -2.55. The lowest BCUT2D eigenvalue weighted by atomic mass is 9.76. The van der Waals surface area contributed by atoms with Gasteiger partial charge in [0.1, 0.15) is 0 Å². The third kappa shape index (κ3) is 3.25. The van der Waals surface area contributed by atoms with Gasteiger partial charge in [-0.2, -0.15) is 0 Å². The van der Waals surface area contributed by atoms with Crippen molar-refractivity contribution in [2.24, 2.45) is 0 Å². The summed E-state index contributed by atoms with van der Waals surface area (Å²) in [6.45, 7) is 7.09. The standard InChI is InChI=1S/C21H28ClN3O2/c1-2-9-23-10-12-24(13-11-23)20(27)21(17-5-3-4-6-18(17)22)14-16-7-8-19(26)25(16)15-21/h3-6,16H,2,7-15H2,1H3. The molecular weight excluding hydrogens is 362 g/mol. The minimum Gasteiger partial charge on any atom is -0.339 e. The zero-order chi connectivity index (χ0) is 19.0. The normalized spacial score (nSPS) is 28.7. The van der Waals surface area contributed by atoms with Crippen molar-refractivity contribution < 1.29 is 9.59 Å². The van der Waals surface area contributed by atoms with Crippen LogP contribution in [0.25, 0.3) is 0 Å². The second-order valence-corrected chi connectivity index (χ2v) is 8.52. The number of piperazine rings is 1. The first-order chi connectivity index (χ1) is 13.0. The molecule has 0 N–H and O–H groups in total. The van der Waals surface area contributed by atoms with Gasteiger partial charge < -0.3 is 9.80 Å². The highest BCUT2D eigenvalue weighted by molar-refractivity contribution is 6.31. The summed E-state index contributed by atoms with van der Waals surface area (Å²) < 4.78 is 0. The van der Waals surface area contributed by atoms with Crippen LogP contribution in [-0.4, -0.2) is 71.8 Å². The number of carbonyl (C=O) groups excluding carboxylic acids is 2. The first-order valence-corrected chi connectivity index (χ1v) is 10.5. The Morgan fingerprint density at radius 1 is 1.22 bits per heavy atom. The minimum atomic E-state index is -0.702. The molecule has 27 heavy (non-hydrogen) atoms. The fourth-order valence-electron chi connectivity index (χ4n) is 5.09. The molecule has 3 saturated heterocycles. The van der Waals surface area contributed by atoms with E-state index in [4.69, 9.17) is 11.6 Å². The molecule has 0 saturated carbocycles. The number of benzene rings is 1. The maximum absolute atomic E-state index is 13.8. The van der Waals surface area contributed by atoms with Crippen LogP contribution in [0, 0.1) is 0 Å². The summed E-state index contributed by atoms with van der Waals surface area (Å²) in [6, 6.07) is 7.84. The van der Waals surface area contributed by atoms with Crippen molar-refractivity contribution in [3.8, 4) is 0 Å². The predicted octanol–water partition coefficient (Wildman–Crippen LogP) is 2.53. The first-order valence-electron chi connectivity index (χ1n) is 10.1. The molecule has 2 unspecified atom stereocenters. The quantitative estimate of drug-likeness (QED) is 0.794.